The Labute approximate surface area is 116 Å². The maximum atomic E-state index is 3.53. The lowest BCUT2D eigenvalue weighted by molar-refractivity contribution is 0.233. The van der Waals surface area contributed by atoms with Crippen molar-refractivity contribution in [1.29, 1.82) is 0 Å². The number of fused-ring (bicyclic) bond motifs is 1. The van der Waals surface area contributed by atoms with Crippen LogP contribution in [0.15, 0.2) is 22.7 Å². The van der Waals surface area contributed by atoms with Crippen LogP contribution in [-0.4, -0.2) is 36.1 Å². The minimum Gasteiger partial charge on any atom is -0.358 e. The molecule has 1 aliphatic rings. The number of halogens is 1. The van der Waals surface area contributed by atoms with Crippen LogP contribution in [0.4, 0.5) is 0 Å². The molecule has 1 aromatic heterocycles. The highest BCUT2D eigenvalue weighted by atomic mass is 79.9. The number of hydrogen-bond acceptors (Lipinski definition) is 2. The van der Waals surface area contributed by atoms with Crippen LogP contribution in [0, 0.1) is 6.92 Å². The van der Waals surface area contributed by atoms with Gasteiger partial charge in [0, 0.05) is 53.8 Å². The number of aryl methyl sites for hydroxylation is 1. The molecule has 1 aromatic carbocycles. The van der Waals surface area contributed by atoms with Crippen LogP contribution >= 0.6 is 15.9 Å². The molecule has 1 saturated heterocycles. The Morgan fingerprint density at radius 3 is 2.83 bits per heavy atom. The van der Waals surface area contributed by atoms with E-state index in [0.29, 0.717) is 0 Å². The third kappa shape index (κ3) is 2.32. The van der Waals surface area contributed by atoms with E-state index < -0.39 is 0 Å². The fourth-order valence-electron chi connectivity index (χ4n) is 2.66. The largest absolute Gasteiger partial charge is 0.358 e. The Kier molecular flexibility index (Phi) is 3.41. The van der Waals surface area contributed by atoms with Gasteiger partial charge in [-0.25, -0.2) is 0 Å². The summed E-state index contributed by atoms with van der Waals surface area (Å²) in [5.74, 6) is 0. The summed E-state index contributed by atoms with van der Waals surface area (Å²) in [6.07, 6.45) is 0. The number of H-pyrrole nitrogens is 1. The quantitative estimate of drug-likeness (QED) is 0.893. The number of nitrogens with zero attached hydrogens (tertiary/aromatic N) is 1. The number of nitrogens with one attached hydrogen (secondary N) is 2. The summed E-state index contributed by atoms with van der Waals surface area (Å²) in [5.41, 5.74) is 3.97. The summed E-state index contributed by atoms with van der Waals surface area (Å²) in [5, 5.41) is 4.75. The van der Waals surface area contributed by atoms with Crippen LogP contribution < -0.4 is 5.32 Å². The third-order valence-electron chi connectivity index (χ3n) is 3.67. The fraction of sp³-hybridized carbons (Fsp3) is 0.429. The normalized spacial score (nSPS) is 17.4. The van der Waals surface area contributed by atoms with Crippen molar-refractivity contribution in [3.05, 3.63) is 33.9 Å². The number of aromatic amines is 1. The van der Waals surface area contributed by atoms with Gasteiger partial charge in [-0.05, 0) is 24.6 Å². The molecule has 0 amide bonds. The molecule has 0 unspecified atom stereocenters. The molecule has 96 valence electrons. The van der Waals surface area contributed by atoms with E-state index in [1.807, 2.05) is 0 Å². The van der Waals surface area contributed by atoms with Crippen molar-refractivity contribution in [1.82, 2.24) is 15.2 Å². The van der Waals surface area contributed by atoms with Gasteiger partial charge in [0.1, 0.15) is 0 Å². The SMILES string of the molecule is Cc1[nH]c2cc(Br)ccc2c1CN1CCNCC1. The first-order valence-electron chi connectivity index (χ1n) is 6.44. The Morgan fingerprint density at radius 2 is 2.06 bits per heavy atom. The van der Waals surface area contributed by atoms with Gasteiger partial charge in [0.15, 0.2) is 0 Å². The average molecular weight is 308 g/mol. The van der Waals surface area contributed by atoms with Gasteiger partial charge in [-0.3, -0.25) is 4.90 Å². The topological polar surface area (TPSA) is 31.1 Å². The van der Waals surface area contributed by atoms with Crippen LogP contribution in [0.25, 0.3) is 10.9 Å². The van der Waals surface area contributed by atoms with Gasteiger partial charge in [0.25, 0.3) is 0 Å². The molecule has 0 spiro atoms. The highest BCUT2D eigenvalue weighted by Gasteiger charge is 2.14. The van der Waals surface area contributed by atoms with E-state index in [4.69, 9.17) is 0 Å². The fourth-order valence-corrected chi connectivity index (χ4v) is 3.02. The molecular formula is C14H18BrN3. The minimum atomic E-state index is 1.05. The lowest BCUT2D eigenvalue weighted by atomic mass is 10.1. The van der Waals surface area contributed by atoms with Gasteiger partial charge in [-0.1, -0.05) is 22.0 Å². The van der Waals surface area contributed by atoms with Crippen molar-refractivity contribution >= 4 is 26.8 Å². The molecular weight excluding hydrogens is 290 g/mol. The molecule has 2 heterocycles. The van der Waals surface area contributed by atoms with Gasteiger partial charge in [0.2, 0.25) is 0 Å². The highest BCUT2D eigenvalue weighted by Crippen LogP contribution is 2.26. The number of benzene rings is 1. The summed E-state index contributed by atoms with van der Waals surface area (Å²) in [7, 11) is 0. The van der Waals surface area contributed by atoms with Crippen LogP contribution in [-0.2, 0) is 6.54 Å². The van der Waals surface area contributed by atoms with Gasteiger partial charge in [-0.15, -0.1) is 0 Å². The summed E-state index contributed by atoms with van der Waals surface area (Å²) in [4.78, 5) is 6.01. The number of rotatable bonds is 2. The van der Waals surface area contributed by atoms with Gasteiger partial charge in [0.05, 0.1) is 0 Å². The average Bonchev–Trinajstić information content (AvgIpc) is 2.66. The Hall–Kier alpha value is -0.840. The van der Waals surface area contributed by atoms with Crippen molar-refractivity contribution < 1.29 is 0 Å². The first-order chi connectivity index (χ1) is 8.74. The summed E-state index contributed by atoms with van der Waals surface area (Å²) in [6, 6.07) is 6.49. The predicted octanol–water partition coefficient (Wildman–Crippen LogP) is 2.64. The van der Waals surface area contributed by atoms with Crippen molar-refractivity contribution in [2.24, 2.45) is 0 Å². The molecule has 0 radical (unpaired) electrons. The van der Waals surface area contributed by atoms with Crippen molar-refractivity contribution in [3.63, 3.8) is 0 Å². The lowest BCUT2D eigenvalue weighted by Gasteiger charge is -2.27. The molecule has 0 bridgehead atoms. The van der Waals surface area contributed by atoms with Crippen molar-refractivity contribution in [2.45, 2.75) is 13.5 Å². The van der Waals surface area contributed by atoms with E-state index in [0.717, 1.165) is 37.2 Å². The van der Waals surface area contributed by atoms with E-state index in [-0.39, 0.29) is 0 Å². The summed E-state index contributed by atoms with van der Waals surface area (Å²) in [6.45, 7) is 7.71. The van der Waals surface area contributed by atoms with Crippen LogP contribution in [0.5, 0.6) is 0 Å². The molecule has 0 aliphatic carbocycles. The second-order valence-electron chi connectivity index (χ2n) is 4.94. The Balaban J connectivity index is 1.92. The Bertz CT molecular complexity index is 555. The smallest absolute Gasteiger partial charge is 0.0470 e. The van der Waals surface area contributed by atoms with Crippen LogP contribution in [0.2, 0.25) is 0 Å². The zero-order valence-electron chi connectivity index (χ0n) is 10.6. The van der Waals surface area contributed by atoms with Gasteiger partial charge in [-0.2, -0.15) is 0 Å². The minimum absolute atomic E-state index is 1.05. The molecule has 0 atom stereocenters. The lowest BCUT2D eigenvalue weighted by Crippen LogP contribution is -2.42. The van der Waals surface area contributed by atoms with E-state index >= 15 is 0 Å². The van der Waals surface area contributed by atoms with Gasteiger partial charge >= 0.3 is 0 Å². The standard InChI is InChI=1S/C14H18BrN3/c1-10-13(9-18-6-4-16-5-7-18)12-3-2-11(15)8-14(12)17-10/h2-3,8,16-17H,4-7,9H2,1H3. The van der Waals surface area contributed by atoms with Crippen LogP contribution in [0.1, 0.15) is 11.3 Å². The molecule has 3 nitrogen and oxygen atoms in total. The highest BCUT2D eigenvalue weighted by molar-refractivity contribution is 9.10. The molecule has 1 fully saturated rings. The van der Waals surface area contributed by atoms with Crippen molar-refractivity contribution in [3.8, 4) is 0 Å². The molecule has 2 aromatic rings. The number of hydrogen-bond donors (Lipinski definition) is 2. The monoisotopic (exact) mass is 307 g/mol. The zero-order valence-corrected chi connectivity index (χ0v) is 12.2. The summed E-state index contributed by atoms with van der Waals surface area (Å²) >= 11 is 3.53. The van der Waals surface area contributed by atoms with Gasteiger partial charge < -0.3 is 10.3 Å². The molecule has 0 saturated carbocycles. The molecule has 4 heteroatoms. The molecule has 18 heavy (non-hydrogen) atoms. The van der Waals surface area contributed by atoms with E-state index in [1.54, 1.807) is 0 Å². The van der Waals surface area contributed by atoms with E-state index in [9.17, 15) is 0 Å². The second kappa shape index (κ2) is 5.03. The Morgan fingerprint density at radius 1 is 1.28 bits per heavy atom. The maximum absolute atomic E-state index is 3.53. The van der Waals surface area contributed by atoms with Crippen LogP contribution in [0.3, 0.4) is 0 Å². The zero-order chi connectivity index (χ0) is 12.5. The number of piperazine rings is 1. The maximum Gasteiger partial charge on any atom is 0.0470 e. The molecule has 3 rings (SSSR count). The van der Waals surface area contributed by atoms with E-state index in [1.165, 1.54) is 22.2 Å². The number of aromatic nitrogens is 1. The third-order valence-corrected chi connectivity index (χ3v) is 4.17. The van der Waals surface area contributed by atoms with E-state index in [2.05, 4.69) is 56.3 Å². The first kappa shape index (κ1) is 12.2. The molecule has 1 aliphatic heterocycles. The summed E-state index contributed by atoms with van der Waals surface area (Å²) < 4.78 is 1.13. The predicted molar refractivity (Wildman–Crippen MR) is 78.9 cm³/mol. The molecule has 2 N–H and O–H groups in total. The first-order valence-corrected chi connectivity index (χ1v) is 7.23. The van der Waals surface area contributed by atoms with Crippen molar-refractivity contribution in [2.75, 3.05) is 26.2 Å². The second-order valence-corrected chi connectivity index (χ2v) is 5.86.